The van der Waals surface area contributed by atoms with Crippen molar-refractivity contribution in [2.75, 3.05) is 24.5 Å². The van der Waals surface area contributed by atoms with Crippen LogP contribution in [0.1, 0.15) is 35.5 Å². The van der Waals surface area contributed by atoms with Crippen molar-refractivity contribution in [1.29, 1.82) is 0 Å². The molecule has 1 saturated heterocycles. The standard InChI is InChI=1S/C26H29N5O2/c1-17-15-20-9-7-8-12-22(20)30(17)23(32)16-29-14-13-27-26(33)25(29)24-18(2)28-31(19(24)3)21-10-5-4-6-11-21/h4-12,17,25H,13-16H2,1-3H3,(H,27,33)/t17-,25-/m1/s1. The van der Waals surface area contributed by atoms with Gasteiger partial charge in [-0.1, -0.05) is 36.4 Å². The lowest BCUT2D eigenvalue weighted by atomic mass is 10.00. The molecule has 0 aliphatic carbocycles. The molecule has 7 nitrogen and oxygen atoms in total. The Balaban J connectivity index is 1.46. The molecule has 1 aromatic heterocycles. The minimum absolute atomic E-state index is 0.0258. The van der Waals surface area contributed by atoms with E-state index < -0.39 is 6.04 Å². The van der Waals surface area contributed by atoms with E-state index in [9.17, 15) is 9.59 Å². The second-order valence-electron chi connectivity index (χ2n) is 8.94. The second-order valence-corrected chi connectivity index (χ2v) is 8.94. The maximum atomic E-state index is 13.5. The van der Waals surface area contributed by atoms with E-state index in [1.807, 2.05) is 76.9 Å². The smallest absolute Gasteiger partial charge is 0.242 e. The molecular formula is C26H29N5O2. The first kappa shape index (κ1) is 21.4. The number of hydrogen-bond donors (Lipinski definition) is 1. The molecule has 0 radical (unpaired) electrons. The van der Waals surface area contributed by atoms with Gasteiger partial charge in [-0.3, -0.25) is 14.5 Å². The highest BCUT2D eigenvalue weighted by Gasteiger charge is 2.38. The maximum Gasteiger partial charge on any atom is 0.242 e. The molecule has 7 heteroatoms. The van der Waals surface area contributed by atoms with E-state index in [0.717, 1.165) is 34.7 Å². The van der Waals surface area contributed by atoms with Gasteiger partial charge in [-0.15, -0.1) is 0 Å². The molecule has 1 N–H and O–H groups in total. The van der Waals surface area contributed by atoms with Crippen LogP contribution in [0.4, 0.5) is 5.69 Å². The van der Waals surface area contributed by atoms with Crippen molar-refractivity contribution in [2.24, 2.45) is 0 Å². The van der Waals surface area contributed by atoms with Crippen LogP contribution in [0, 0.1) is 13.8 Å². The normalized spacial score (nSPS) is 20.6. The van der Waals surface area contributed by atoms with E-state index in [2.05, 4.69) is 18.3 Å². The van der Waals surface area contributed by atoms with Gasteiger partial charge in [0.15, 0.2) is 0 Å². The van der Waals surface area contributed by atoms with Crippen LogP contribution in [0.5, 0.6) is 0 Å². The Morgan fingerprint density at radius 1 is 1.09 bits per heavy atom. The van der Waals surface area contributed by atoms with E-state index in [0.29, 0.717) is 13.1 Å². The average Bonchev–Trinajstić information content (AvgIpc) is 3.30. The summed E-state index contributed by atoms with van der Waals surface area (Å²) in [4.78, 5) is 30.5. The molecule has 0 bridgehead atoms. The molecule has 2 aliphatic rings. The lowest BCUT2D eigenvalue weighted by molar-refractivity contribution is -0.131. The van der Waals surface area contributed by atoms with Crippen molar-refractivity contribution in [1.82, 2.24) is 20.0 Å². The molecule has 170 valence electrons. The molecule has 33 heavy (non-hydrogen) atoms. The number of piperazine rings is 1. The predicted octanol–water partition coefficient (Wildman–Crippen LogP) is 2.94. The van der Waals surface area contributed by atoms with E-state index in [4.69, 9.17) is 5.10 Å². The first-order valence-electron chi connectivity index (χ1n) is 11.5. The van der Waals surface area contributed by atoms with Crippen molar-refractivity contribution < 1.29 is 9.59 Å². The first-order valence-corrected chi connectivity index (χ1v) is 11.5. The van der Waals surface area contributed by atoms with Crippen LogP contribution < -0.4 is 10.2 Å². The molecule has 5 rings (SSSR count). The summed E-state index contributed by atoms with van der Waals surface area (Å²) in [7, 11) is 0. The molecule has 1 fully saturated rings. The lowest BCUT2D eigenvalue weighted by Gasteiger charge is -2.36. The summed E-state index contributed by atoms with van der Waals surface area (Å²) < 4.78 is 1.88. The highest BCUT2D eigenvalue weighted by Crippen LogP contribution is 2.34. The molecular weight excluding hydrogens is 414 g/mol. The number of carbonyl (C=O) groups excluding carboxylic acids is 2. The number of nitrogens with one attached hydrogen (secondary N) is 1. The number of fused-ring (bicyclic) bond motifs is 1. The van der Waals surface area contributed by atoms with E-state index >= 15 is 0 Å². The van der Waals surface area contributed by atoms with Gasteiger partial charge in [0.25, 0.3) is 0 Å². The monoisotopic (exact) mass is 443 g/mol. The number of aromatic nitrogens is 2. The minimum Gasteiger partial charge on any atom is -0.353 e. The zero-order valence-corrected chi connectivity index (χ0v) is 19.3. The van der Waals surface area contributed by atoms with Gasteiger partial charge < -0.3 is 10.2 Å². The van der Waals surface area contributed by atoms with Crippen molar-refractivity contribution in [3.05, 3.63) is 77.1 Å². The highest BCUT2D eigenvalue weighted by atomic mass is 16.2. The summed E-state index contributed by atoms with van der Waals surface area (Å²) >= 11 is 0. The number of hydrogen-bond acceptors (Lipinski definition) is 4. The Bertz CT molecular complexity index is 1200. The molecule has 2 atom stereocenters. The fraction of sp³-hybridized carbons (Fsp3) is 0.346. The fourth-order valence-corrected chi connectivity index (χ4v) is 5.26. The Morgan fingerprint density at radius 2 is 1.82 bits per heavy atom. The molecule has 0 unspecified atom stereocenters. The number of benzene rings is 2. The molecule has 0 spiro atoms. The molecule has 2 aromatic carbocycles. The Kier molecular flexibility index (Phi) is 5.50. The van der Waals surface area contributed by atoms with E-state index in [-0.39, 0.29) is 24.4 Å². The van der Waals surface area contributed by atoms with Crippen molar-refractivity contribution >= 4 is 17.5 Å². The largest absolute Gasteiger partial charge is 0.353 e. The quantitative estimate of drug-likeness (QED) is 0.673. The number of para-hydroxylation sites is 2. The molecule has 3 aromatic rings. The van der Waals surface area contributed by atoms with Crippen molar-refractivity contribution in [3.8, 4) is 5.69 Å². The topological polar surface area (TPSA) is 70.5 Å². The predicted molar refractivity (Wildman–Crippen MR) is 127 cm³/mol. The van der Waals surface area contributed by atoms with E-state index in [1.54, 1.807) is 0 Å². The summed E-state index contributed by atoms with van der Waals surface area (Å²) in [6.07, 6.45) is 0.855. The molecule has 3 heterocycles. The van der Waals surface area contributed by atoms with Gasteiger partial charge in [0, 0.05) is 36.1 Å². The maximum absolute atomic E-state index is 13.5. The SMILES string of the molecule is Cc1nn(-c2ccccc2)c(C)c1[C@@H]1C(=O)NCCN1CC(=O)N1c2ccccc2C[C@H]1C. The van der Waals surface area contributed by atoms with Crippen LogP contribution in [0.15, 0.2) is 54.6 Å². The number of amides is 2. The highest BCUT2D eigenvalue weighted by molar-refractivity contribution is 5.98. The summed E-state index contributed by atoms with van der Waals surface area (Å²) in [5.41, 5.74) is 5.72. The molecule has 2 amide bonds. The van der Waals surface area contributed by atoms with Gasteiger partial charge in [-0.05, 0) is 51.0 Å². The average molecular weight is 444 g/mol. The first-order chi connectivity index (χ1) is 16.0. The zero-order valence-electron chi connectivity index (χ0n) is 19.3. The van der Waals surface area contributed by atoms with Crippen LogP contribution in [-0.4, -0.2) is 52.2 Å². The van der Waals surface area contributed by atoms with E-state index in [1.165, 1.54) is 5.56 Å². The third kappa shape index (κ3) is 3.72. The van der Waals surface area contributed by atoms with Crippen LogP contribution in [0.2, 0.25) is 0 Å². The zero-order chi connectivity index (χ0) is 23.1. The second kappa shape index (κ2) is 8.48. The van der Waals surface area contributed by atoms with Crippen LogP contribution >= 0.6 is 0 Å². The molecule has 2 aliphatic heterocycles. The van der Waals surface area contributed by atoms with Crippen molar-refractivity contribution in [3.63, 3.8) is 0 Å². The van der Waals surface area contributed by atoms with Gasteiger partial charge >= 0.3 is 0 Å². The number of anilines is 1. The van der Waals surface area contributed by atoms with Gasteiger partial charge in [0.05, 0.1) is 17.9 Å². The number of rotatable bonds is 4. The Labute approximate surface area is 194 Å². The Morgan fingerprint density at radius 3 is 2.61 bits per heavy atom. The van der Waals surface area contributed by atoms with Gasteiger partial charge in [-0.25, -0.2) is 4.68 Å². The van der Waals surface area contributed by atoms with Crippen molar-refractivity contribution in [2.45, 2.75) is 39.3 Å². The lowest BCUT2D eigenvalue weighted by Crippen LogP contribution is -2.53. The van der Waals surface area contributed by atoms with Gasteiger partial charge in [-0.2, -0.15) is 5.10 Å². The van der Waals surface area contributed by atoms with Crippen LogP contribution in [0.25, 0.3) is 5.69 Å². The summed E-state index contributed by atoms with van der Waals surface area (Å²) in [6.45, 7) is 7.33. The third-order valence-corrected chi connectivity index (χ3v) is 6.75. The Hall–Kier alpha value is -3.45. The van der Waals surface area contributed by atoms with Gasteiger partial charge in [0.1, 0.15) is 6.04 Å². The van der Waals surface area contributed by atoms with Crippen LogP contribution in [-0.2, 0) is 16.0 Å². The minimum atomic E-state index is -0.548. The molecule has 0 saturated carbocycles. The summed E-state index contributed by atoms with van der Waals surface area (Å²) in [6, 6.07) is 17.5. The summed E-state index contributed by atoms with van der Waals surface area (Å²) in [5, 5.41) is 7.73. The number of aryl methyl sites for hydroxylation is 1. The van der Waals surface area contributed by atoms with Gasteiger partial charge in [0.2, 0.25) is 11.8 Å². The number of carbonyl (C=O) groups is 2. The third-order valence-electron chi connectivity index (χ3n) is 6.75. The summed E-state index contributed by atoms with van der Waals surface area (Å²) in [5.74, 6) is -0.0550. The number of nitrogens with zero attached hydrogens (tertiary/aromatic N) is 4. The fourth-order valence-electron chi connectivity index (χ4n) is 5.26. The van der Waals surface area contributed by atoms with Crippen LogP contribution in [0.3, 0.4) is 0 Å².